The third-order valence-corrected chi connectivity index (χ3v) is 3.03. The molecule has 0 radical (unpaired) electrons. The molecule has 1 aromatic carbocycles. The van der Waals surface area contributed by atoms with Crippen molar-refractivity contribution < 1.29 is 4.79 Å². The van der Waals surface area contributed by atoms with E-state index >= 15 is 0 Å². The summed E-state index contributed by atoms with van der Waals surface area (Å²) in [5, 5.41) is 0. The lowest BCUT2D eigenvalue weighted by Crippen LogP contribution is -2.33. The molecule has 0 aromatic heterocycles. The van der Waals surface area contributed by atoms with E-state index in [1.165, 1.54) is 0 Å². The summed E-state index contributed by atoms with van der Waals surface area (Å²) in [7, 11) is 5.81. The van der Waals surface area contributed by atoms with E-state index in [2.05, 4.69) is 16.7 Å². The number of rotatable bonds is 4. The van der Waals surface area contributed by atoms with Crippen LogP contribution in [-0.4, -0.2) is 56.5 Å². The minimum Gasteiger partial charge on any atom is -0.340 e. The Bertz CT molecular complexity index is 526. The molecule has 0 bridgehead atoms. The van der Waals surface area contributed by atoms with Gasteiger partial charge in [0.1, 0.15) is 0 Å². The van der Waals surface area contributed by atoms with Crippen molar-refractivity contribution in [3.8, 4) is 11.8 Å². The summed E-state index contributed by atoms with van der Waals surface area (Å²) in [5.74, 6) is 5.86. The molecule has 0 saturated heterocycles. The first kappa shape index (κ1) is 16.2. The van der Waals surface area contributed by atoms with Crippen molar-refractivity contribution in [1.82, 2.24) is 9.80 Å². The smallest absolute Gasteiger partial charge is 0.253 e. The average Bonchev–Trinajstić information content (AvgIpc) is 2.42. The van der Waals surface area contributed by atoms with E-state index in [9.17, 15) is 4.79 Å². The van der Waals surface area contributed by atoms with Gasteiger partial charge in [-0.3, -0.25) is 4.79 Å². The van der Waals surface area contributed by atoms with Gasteiger partial charge in [-0.25, -0.2) is 0 Å². The molecular weight excluding hydrogens is 250 g/mol. The first-order chi connectivity index (χ1) is 9.45. The fraction of sp³-hybridized carbons (Fsp3) is 0.438. The van der Waals surface area contributed by atoms with Gasteiger partial charge >= 0.3 is 0 Å². The Labute approximate surface area is 121 Å². The molecule has 0 aliphatic heterocycles. The van der Waals surface area contributed by atoms with E-state index in [-0.39, 0.29) is 5.91 Å². The van der Waals surface area contributed by atoms with E-state index in [0.717, 1.165) is 17.7 Å². The summed E-state index contributed by atoms with van der Waals surface area (Å²) in [6, 6.07) is 5.59. The van der Waals surface area contributed by atoms with Crippen LogP contribution in [0.2, 0.25) is 0 Å². The molecule has 1 amide bonds. The van der Waals surface area contributed by atoms with Crippen LogP contribution >= 0.6 is 0 Å². The third kappa shape index (κ3) is 4.69. The number of hydrogen-bond donors (Lipinski definition) is 1. The average molecular weight is 273 g/mol. The molecule has 0 saturated carbocycles. The molecule has 4 heteroatoms. The van der Waals surface area contributed by atoms with Crippen LogP contribution in [0, 0.1) is 18.8 Å². The Hall–Kier alpha value is -1.83. The Morgan fingerprint density at radius 2 is 1.95 bits per heavy atom. The Morgan fingerprint density at radius 1 is 1.25 bits per heavy atom. The van der Waals surface area contributed by atoms with Crippen LogP contribution in [0.1, 0.15) is 21.5 Å². The van der Waals surface area contributed by atoms with E-state index in [1.54, 1.807) is 4.90 Å². The number of hydrogen-bond acceptors (Lipinski definition) is 3. The maximum absolute atomic E-state index is 12.3. The minimum atomic E-state index is 0.0354. The summed E-state index contributed by atoms with van der Waals surface area (Å²) in [5.41, 5.74) is 7.98. The lowest BCUT2D eigenvalue weighted by Gasteiger charge is -2.20. The zero-order valence-corrected chi connectivity index (χ0v) is 12.7. The van der Waals surface area contributed by atoms with Crippen molar-refractivity contribution in [3.63, 3.8) is 0 Å². The number of nitrogens with zero attached hydrogens (tertiary/aromatic N) is 2. The first-order valence-electron chi connectivity index (χ1n) is 6.65. The molecular formula is C16H23N3O. The highest BCUT2D eigenvalue weighted by atomic mass is 16.2. The summed E-state index contributed by atoms with van der Waals surface area (Å²) in [6.07, 6.45) is 0. The second-order valence-electron chi connectivity index (χ2n) is 5.07. The van der Waals surface area contributed by atoms with Crippen LogP contribution in [0.5, 0.6) is 0 Å². The highest BCUT2D eigenvalue weighted by Gasteiger charge is 2.12. The van der Waals surface area contributed by atoms with Crippen LogP contribution in [0.25, 0.3) is 0 Å². The van der Waals surface area contributed by atoms with E-state index in [1.807, 2.05) is 46.3 Å². The molecule has 4 nitrogen and oxygen atoms in total. The maximum Gasteiger partial charge on any atom is 0.253 e. The zero-order valence-electron chi connectivity index (χ0n) is 12.7. The Morgan fingerprint density at radius 3 is 2.50 bits per heavy atom. The number of carbonyl (C=O) groups excluding carboxylic acids is 1. The van der Waals surface area contributed by atoms with Gasteiger partial charge in [-0.15, -0.1) is 0 Å². The number of amides is 1. The predicted octanol–water partition coefficient (Wildman–Crippen LogP) is 0.939. The van der Waals surface area contributed by atoms with Crippen LogP contribution < -0.4 is 5.73 Å². The molecule has 2 N–H and O–H groups in total. The molecule has 108 valence electrons. The minimum absolute atomic E-state index is 0.0354. The monoisotopic (exact) mass is 273 g/mol. The maximum atomic E-state index is 12.3. The quantitative estimate of drug-likeness (QED) is 0.831. The SMILES string of the molecule is Cc1cc(C(=O)N(C)CCN(C)C)ccc1C#CCN. The van der Waals surface area contributed by atoms with Gasteiger partial charge < -0.3 is 15.5 Å². The Balaban J connectivity index is 2.81. The van der Waals surface area contributed by atoms with Crippen molar-refractivity contribution in [2.45, 2.75) is 6.92 Å². The number of likely N-dealkylation sites (N-methyl/N-ethyl adjacent to an activating group) is 2. The second-order valence-corrected chi connectivity index (χ2v) is 5.07. The summed E-state index contributed by atoms with van der Waals surface area (Å²) < 4.78 is 0. The largest absolute Gasteiger partial charge is 0.340 e. The molecule has 0 aliphatic carbocycles. The van der Waals surface area contributed by atoms with Gasteiger partial charge in [0, 0.05) is 31.3 Å². The fourth-order valence-electron chi connectivity index (χ4n) is 1.76. The molecule has 0 unspecified atom stereocenters. The highest BCUT2D eigenvalue weighted by Crippen LogP contribution is 2.12. The van der Waals surface area contributed by atoms with Gasteiger partial charge in [0.15, 0.2) is 0 Å². The molecule has 0 heterocycles. The van der Waals surface area contributed by atoms with Crippen LogP contribution in [0.4, 0.5) is 0 Å². The number of carbonyl (C=O) groups is 1. The molecule has 0 aliphatic rings. The lowest BCUT2D eigenvalue weighted by molar-refractivity contribution is 0.0786. The van der Waals surface area contributed by atoms with Crippen molar-refractivity contribution in [2.24, 2.45) is 5.73 Å². The van der Waals surface area contributed by atoms with Crippen LogP contribution in [0.3, 0.4) is 0 Å². The lowest BCUT2D eigenvalue weighted by atomic mass is 10.0. The van der Waals surface area contributed by atoms with Gasteiger partial charge in [-0.05, 0) is 44.8 Å². The zero-order chi connectivity index (χ0) is 15.1. The highest BCUT2D eigenvalue weighted by molar-refractivity contribution is 5.94. The van der Waals surface area contributed by atoms with Crippen molar-refractivity contribution in [1.29, 1.82) is 0 Å². The van der Waals surface area contributed by atoms with Crippen molar-refractivity contribution in [3.05, 3.63) is 34.9 Å². The van der Waals surface area contributed by atoms with E-state index in [4.69, 9.17) is 5.73 Å². The van der Waals surface area contributed by atoms with Crippen molar-refractivity contribution in [2.75, 3.05) is 40.8 Å². The van der Waals surface area contributed by atoms with Gasteiger partial charge in [-0.1, -0.05) is 11.8 Å². The summed E-state index contributed by atoms with van der Waals surface area (Å²) >= 11 is 0. The Kier molecular flexibility index (Phi) is 6.23. The topological polar surface area (TPSA) is 49.6 Å². The summed E-state index contributed by atoms with van der Waals surface area (Å²) in [6.45, 7) is 3.85. The molecule has 0 fully saturated rings. The van der Waals surface area contributed by atoms with E-state index in [0.29, 0.717) is 18.7 Å². The second kappa shape index (κ2) is 7.68. The molecule has 1 aromatic rings. The van der Waals surface area contributed by atoms with Gasteiger partial charge in [0.2, 0.25) is 0 Å². The molecule has 20 heavy (non-hydrogen) atoms. The van der Waals surface area contributed by atoms with Crippen LogP contribution in [0.15, 0.2) is 18.2 Å². The summed E-state index contributed by atoms with van der Waals surface area (Å²) in [4.78, 5) is 16.1. The normalized spacial score (nSPS) is 10.1. The third-order valence-electron chi connectivity index (χ3n) is 3.03. The van der Waals surface area contributed by atoms with Gasteiger partial charge in [0.05, 0.1) is 6.54 Å². The molecule has 0 atom stereocenters. The number of benzene rings is 1. The van der Waals surface area contributed by atoms with Gasteiger partial charge in [0.25, 0.3) is 5.91 Å². The number of nitrogens with two attached hydrogens (primary N) is 1. The molecule has 0 spiro atoms. The fourth-order valence-corrected chi connectivity index (χ4v) is 1.76. The van der Waals surface area contributed by atoms with Crippen LogP contribution in [-0.2, 0) is 0 Å². The van der Waals surface area contributed by atoms with E-state index < -0.39 is 0 Å². The number of aryl methyl sites for hydroxylation is 1. The first-order valence-corrected chi connectivity index (χ1v) is 6.65. The van der Waals surface area contributed by atoms with Gasteiger partial charge in [-0.2, -0.15) is 0 Å². The molecule has 1 rings (SSSR count). The predicted molar refractivity (Wildman–Crippen MR) is 82.6 cm³/mol. The van der Waals surface area contributed by atoms with Crippen molar-refractivity contribution >= 4 is 5.91 Å². The standard InChI is InChI=1S/C16H23N3O/c1-13-12-15(8-7-14(13)6-5-9-17)16(20)19(4)11-10-18(2)3/h7-8,12H,9-11,17H2,1-4H3.